The molecule has 0 aromatic carbocycles. The molecule has 0 radical (unpaired) electrons. The summed E-state index contributed by atoms with van der Waals surface area (Å²) in [5.74, 6) is 0.0650. The van der Waals surface area contributed by atoms with Crippen molar-refractivity contribution in [3.8, 4) is 0 Å². The Morgan fingerprint density at radius 2 is 2.47 bits per heavy atom. The van der Waals surface area contributed by atoms with Gasteiger partial charge >= 0.3 is 0 Å². The van der Waals surface area contributed by atoms with Gasteiger partial charge in [-0.15, -0.1) is 0 Å². The first-order valence-electron chi connectivity index (χ1n) is 5.01. The predicted molar refractivity (Wildman–Crippen MR) is 57.5 cm³/mol. The van der Waals surface area contributed by atoms with Crippen LogP contribution in [-0.4, -0.2) is 29.3 Å². The number of nitrogens with zero attached hydrogens (tertiary/aromatic N) is 1. The molecule has 0 aliphatic heterocycles. The van der Waals surface area contributed by atoms with E-state index >= 15 is 0 Å². The van der Waals surface area contributed by atoms with Crippen molar-refractivity contribution in [3.05, 3.63) is 12.4 Å². The highest BCUT2D eigenvalue weighted by Crippen LogP contribution is 2.13. The number of aromatic amines is 1. The topological polar surface area (TPSA) is 67.0 Å². The summed E-state index contributed by atoms with van der Waals surface area (Å²) in [5, 5.41) is 9.11. The van der Waals surface area contributed by atoms with Crippen molar-refractivity contribution in [2.75, 3.05) is 12.4 Å². The zero-order valence-corrected chi connectivity index (χ0v) is 9.28. The Kier molecular flexibility index (Phi) is 4.30. The maximum Gasteiger partial charge on any atom is 0.253 e. The highest BCUT2D eigenvalue weighted by molar-refractivity contribution is 5.94. The Labute approximate surface area is 89.2 Å². The van der Waals surface area contributed by atoms with Crippen LogP contribution in [0.1, 0.15) is 20.3 Å². The van der Waals surface area contributed by atoms with Crippen molar-refractivity contribution < 1.29 is 9.53 Å². The Morgan fingerprint density at radius 3 is 2.93 bits per heavy atom. The second-order valence-corrected chi connectivity index (χ2v) is 3.52. The third-order valence-electron chi connectivity index (χ3n) is 2.44. The van der Waals surface area contributed by atoms with Gasteiger partial charge in [-0.05, 0) is 5.92 Å². The molecule has 1 rings (SSSR count). The maximum atomic E-state index is 11.8. The number of amides is 1. The van der Waals surface area contributed by atoms with Crippen molar-refractivity contribution in [3.63, 3.8) is 0 Å². The van der Waals surface area contributed by atoms with Gasteiger partial charge in [-0.2, -0.15) is 5.10 Å². The van der Waals surface area contributed by atoms with Gasteiger partial charge in [-0.25, -0.2) is 0 Å². The van der Waals surface area contributed by atoms with Gasteiger partial charge in [0.25, 0.3) is 5.91 Å². The molecule has 1 aromatic rings. The highest BCUT2D eigenvalue weighted by Gasteiger charge is 2.23. The summed E-state index contributed by atoms with van der Waals surface area (Å²) in [5.41, 5.74) is 0.658. The molecular formula is C10H17N3O2. The van der Waals surface area contributed by atoms with E-state index in [0.29, 0.717) is 5.69 Å². The number of H-pyrrole nitrogens is 1. The third kappa shape index (κ3) is 3.06. The van der Waals surface area contributed by atoms with Crippen molar-refractivity contribution in [1.29, 1.82) is 0 Å². The molecular weight excluding hydrogens is 194 g/mol. The first-order valence-corrected chi connectivity index (χ1v) is 5.01. The molecule has 0 aliphatic carbocycles. The van der Waals surface area contributed by atoms with Gasteiger partial charge < -0.3 is 10.1 Å². The Bertz CT molecular complexity index is 298. The van der Waals surface area contributed by atoms with Crippen molar-refractivity contribution in [2.24, 2.45) is 5.92 Å². The molecule has 1 aromatic heterocycles. The maximum absolute atomic E-state index is 11.8. The van der Waals surface area contributed by atoms with Gasteiger partial charge in [-0.1, -0.05) is 20.3 Å². The van der Waals surface area contributed by atoms with Gasteiger partial charge in [0.05, 0.1) is 11.9 Å². The highest BCUT2D eigenvalue weighted by atomic mass is 16.5. The lowest BCUT2D eigenvalue weighted by Gasteiger charge is -2.20. The van der Waals surface area contributed by atoms with Crippen LogP contribution < -0.4 is 5.32 Å². The average molecular weight is 211 g/mol. The minimum absolute atomic E-state index is 0.131. The van der Waals surface area contributed by atoms with E-state index in [4.69, 9.17) is 4.74 Å². The molecule has 0 aliphatic rings. The van der Waals surface area contributed by atoms with E-state index in [-0.39, 0.29) is 11.8 Å². The molecule has 0 spiro atoms. The fourth-order valence-electron chi connectivity index (χ4n) is 1.34. The summed E-state index contributed by atoms with van der Waals surface area (Å²) in [6.07, 6.45) is 3.67. The molecule has 1 heterocycles. The lowest BCUT2D eigenvalue weighted by atomic mass is 10.0. The monoisotopic (exact) mass is 211 g/mol. The molecule has 0 fully saturated rings. The van der Waals surface area contributed by atoms with Crippen LogP contribution in [0.15, 0.2) is 12.4 Å². The molecule has 2 N–H and O–H groups in total. The molecule has 1 amide bonds. The van der Waals surface area contributed by atoms with Crippen LogP contribution in [0.5, 0.6) is 0 Å². The van der Waals surface area contributed by atoms with Gasteiger partial charge in [0.15, 0.2) is 0 Å². The van der Waals surface area contributed by atoms with E-state index in [1.54, 1.807) is 19.5 Å². The molecule has 0 saturated carbocycles. The molecule has 84 valence electrons. The molecule has 5 heteroatoms. The van der Waals surface area contributed by atoms with Crippen molar-refractivity contribution in [2.45, 2.75) is 26.4 Å². The number of nitrogens with one attached hydrogen (secondary N) is 2. The number of rotatable bonds is 5. The van der Waals surface area contributed by atoms with Crippen LogP contribution in [-0.2, 0) is 9.53 Å². The van der Waals surface area contributed by atoms with Crippen LogP contribution in [0.25, 0.3) is 0 Å². The van der Waals surface area contributed by atoms with Crippen LogP contribution in [0.3, 0.4) is 0 Å². The minimum atomic E-state index is -0.412. The molecule has 15 heavy (non-hydrogen) atoms. The smallest absolute Gasteiger partial charge is 0.253 e. The molecule has 2 atom stereocenters. The molecule has 5 nitrogen and oxygen atoms in total. The summed E-state index contributed by atoms with van der Waals surface area (Å²) in [6.45, 7) is 4.02. The van der Waals surface area contributed by atoms with Crippen LogP contribution in [0.4, 0.5) is 5.69 Å². The summed E-state index contributed by atoms with van der Waals surface area (Å²) >= 11 is 0. The summed E-state index contributed by atoms with van der Waals surface area (Å²) in [6, 6.07) is 0. The number of methoxy groups -OCH3 is 1. The summed E-state index contributed by atoms with van der Waals surface area (Å²) in [7, 11) is 1.55. The molecule has 0 saturated heterocycles. The van der Waals surface area contributed by atoms with Crippen LogP contribution in [0.2, 0.25) is 0 Å². The van der Waals surface area contributed by atoms with Crippen molar-refractivity contribution in [1.82, 2.24) is 10.2 Å². The second kappa shape index (κ2) is 5.50. The SMILES string of the molecule is CCC(C)C(OC)C(=O)Nc1cn[nH]c1. The predicted octanol–water partition coefficient (Wildman–Crippen LogP) is 1.41. The Balaban J connectivity index is 2.58. The Morgan fingerprint density at radius 1 is 1.73 bits per heavy atom. The average Bonchev–Trinajstić information content (AvgIpc) is 2.71. The minimum Gasteiger partial charge on any atom is -0.371 e. The lowest BCUT2D eigenvalue weighted by molar-refractivity contribution is -0.128. The first kappa shape index (κ1) is 11.7. The van der Waals surface area contributed by atoms with Gasteiger partial charge in [0.1, 0.15) is 6.10 Å². The van der Waals surface area contributed by atoms with Gasteiger partial charge in [-0.3, -0.25) is 9.89 Å². The van der Waals surface area contributed by atoms with Crippen LogP contribution in [0, 0.1) is 5.92 Å². The van der Waals surface area contributed by atoms with E-state index in [1.807, 2.05) is 13.8 Å². The fraction of sp³-hybridized carbons (Fsp3) is 0.600. The Hall–Kier alpha value is -1.36. The quantitative estimate of drug-likeness (QED) is 0.773. The van der Waals surface area contributed by atoms with Crippen LogP contribution >= 0.6 is 0 Å². The summed E-state index contributed by atoms with van der Waals surface area (Å²) < 4.78 is 5.17. The normalized spacial score (nSPS) is 14.6. The summed E-state index contributed by atoms with van der Waals surface area (Å²) in [4.78, 5) is 11.8. The lowest BCUT2D eigenvalue weighted by Crippen LogP contribution is -2.34. The second-order valence-electron chi connectivity index (χ2n) is 3.52. The number of hydrogen-bond acceptors (Lipinski definition) is 3. The standard InChI is InChI=1S/C10H17N3O2/c1-4-7(2)9(15-3)10(14)13-8-5-11-12-6-8/h5-7,9H,4H2,1-3H3,(H,11,12)(H,13,14). The number of carbonyl (C=O) groups is 1. The molecule has 2 unspecified atom stereocenters. The van der Waals surface area contributed by atoms with E-state index in [0.717, 1.165) is 6.42 Å². The number of carbonyl (C=O) groups excluding carboxylic acids is 1. The third-order valence-corrected chi connectivity index (χ3v) is 2.44. The van der Waals surface area contributed by atoms with E-state index in [1.165, 1.54) is 0 Å². The largest absolute Gasteiger partial charge is 0.371 e. The van der Waals surface area contributed by atoms with Gasteiger partial charge in [0, 0.05) is 13.3 Å². The van der Waals surface area contributed by atoms with E-state index < -0.39 is 6.10 Å². The molecule has 0 bridgehead atoms. The fourth-order valence-corrected chi connectivity index (χ4v) is 1.34. The first-order chi connectivity index (χ1) is 7.19. The van der Waals surface area contributed by atoms with Crippen molar-refractivity contribution >= 4 is 11.6 Å². The van der Waals surface area contributed by atoms with E-state index in [2.05, 4.69) is 15.5 Å². The number of aromatic nitrogens is 2. The number of hydrogen-bond donors (Lipinski definition) is 2. The zero-order valence-electron chi connectivity index (χ0n) is 9.28. The number of ether oxygens (including phenoxy) is 1. The number of anilines is 1. The van der Waals surface area contributed by atoms with Gasteiger partial charge in [0.2, 0.25) is 0 Å². The zero-order chi connectivity index (χ0) is 11.3. The van der Waals surface area contributed by atoms with E-state index in [9.17, 15) is 4.79 Å².